The number of carbonyl (C=O) groups is 2. The number of fused-ring (bicyclic) bond motifs is 1. The van der Waals surface area contributed by atoms with Crippen molar-refractivity contribution in [1.82, 2.24) is 30.0 Å². The molecule has 0 spiro atoms. The van der Waals surface area contributed by atoms with Crippen molar-refractivity contribution in [1.29, 1.82) is 0 Å². The third kappa shape index (κ3) is 6.79. The summed E-state index contributed by atoms with van der Waals surface area (Å²) in [5, 5.41) is 11.4. The molecule has 44 heavy (non-hydrogen) atoms. The molecular formula is C33H40FN7O3. The van der Waals surface area contributed by atoms with Gasteiger partial charge in [0.15, 0.2) is 11.5 Å². The first-order chi connectivity index (χ1) is 21.0. The van der Waals surface area contributed by atoms with Crippen LogP contribution in [0, 0.1) is 11.8 Å². The quantitative estimate of drug-likeness (QED) is 0.348. The monoisotopic (exact) mass is 601 g/mol. The van der Waals surface area contributed by atoms with E-state index in [-0.39, 0.29) is 17.8 Å². The highest BCUT2D eigenvalue weighted by Crippen LogP contribution is 2.40. The number of amides is 2. The molecule has 2 aliphatic carbocycles. The fourth-order valence-electron chi connectivity index (χ4n) is 5.82. The topological polar surface area (TPSA) is 116 Å². The number of nitrogens with one attached hydrogen (secondary N) is 2. The molecule has 3 heterocycles. The van der Waals surface area contributed by atoms with Gasteiger partial charge in [-0.2, -0.15) is 5.10 Å². The van der Waals surface area contributed by atoms with Gasteiger partial charge in [-0.15, -0.1) is 0 Å². The molecule has 1 saturated heterocycles. The summed E-state index contributed by atoms with van der Waals surface area (Å²) in [5.74, 6) is 7.13. The zero-order valence-corrected chi connectivity index (χ0v) is 25.9. The summed E-state index contributed by atoms with van der Waals surface area (Å²) >= 11 is 0. The number of benzene rings is 1. The maximum atomic E-state index is 15.2. The smallest absolute Gasteiger partial charge is 0.410 e. The van der Waals surface area contributed by atoms with E-state index in [9.17, 15) is 9.59 Å². The lowest BCUT2D eigenvalue weighted by molar-refractivity contribution is 0.00182. The predicted octanol–water partition coefficient (Wildman–Crippen LogP) is 6.08. The number of rotatable bonds is 4. The molecule has 1 atom stereocenters. The van der Waals surface area contributed by atoms with Crippen molar-refractivity contribution >= 4 is 34.5 Å². The van der Waals surface area contributed by atoms with E-state index < -0.39 is 17.4 Å². The molecule has 10 nitrogen and oxygen atoms in total. The van der Waals surface area contributed by atoms with E-state index >= 15 is 4.39 Å². The van der Waals surface area contributed by atoms with E-state index in [1.807, 2.05) is 39.8 Å². The normalized spacial score (nSPS) is 20.2. The van der Waals surface area contributed by atoms with Gasteiger partial charge in [0, 0.05) is 54.3 Å². The molecule has 2 saturated carbocycles. The molecular weight excluding hydrogens is 561 g/mol. The summed E-state index contributed by atoms with van der Waals surface area (Å²) in [7, 11) is 0. The number of alkyl halides is 1. The Hall–Kier alpha value is -4.20. The minimum atomic E-state index is -1.46. The van der Waals surface area contributed by atoms with Gasteiger partial charge in [0.2, 0.25) is 5.82 Å². The minimum absolute atomic E-state index is 0.0413. The van der Waals surface area contributed by atoms with Crippen LogP contribution in [0.2, 0.25) is 0 Å². The van der Waals surface area contributed by atoms with Crippen LogP contribution in [0.1, 0.15) is 100 Å². The first-order valence-electron chi connectivity index (χ1n) is 15.6. The van der Waals surface area contributed by atoms with E-state index in [4.69, 9.17) is 4.74 Å². The van der Waals surface area contributed by atoms with E-state index in [1.165, 1.54) is 0 Å². The third-order valence-corrected chi connectivity index (χ3v) is 8.37. The average Bonchev–Trinajstić information content (AvgIpc) is 3.73. The standard InChI is InChI=1S/C33H40FN7O3/c1-21-20-40(16-17-41(21)31(43)44-32(2,3)4)30(42)29-35-25-11-8-22(12-15-33(34)13-6-5-7-14-33)18-24(25)28(37-29)36-27-19-26(38-39-27)23-9-10-23/h8,11,18-19,21,23H,5-7,9-10,13-14,16-17,20H2,1-4H3,(H2,35,36,37,38,39)/t21-/m1/s1. The molecule has 3 aromatic rings. The van der Waals surface area contributed by atoms with Crippen molar-refractivity contribution in [3.8, 4) is 11.8 Å². The van der Waals surface area contributed by atoms with E-state index in [0.29, 0.717) is 66.5 Å². The Kier molecular flexibility index (Phi) is 7.95. The van der Waals surface area contributed by atoms with Crippen LogP contribution in [-0.2, 0) is 4.74 Å². The predicted molar refractivity (Wildman–Crippen MR) is 165 cm³/mol. The lowest BCUT2D eigenvalue weighted by atomic mass is 9.87. The van der Waals surface area contributed by atoms with Crippen molar-refractivity contribution in [3.05, 3.63) is 41.3 Å². The SMILES string of the molecule is C[C@@H]1CN(C(=O)c2nc(Nc3cc(C4CC4)[nH]n3)c3cc(C#CC4(F)CCCCC4)ccc3n2)CCN1C(=O)OC(C)(C)C. The Bertz CT molecular complexity index is 1630. The van der Waals surface area contributed by atoms with Crippen molar-refractivity contribution in [2.75, 3.05) is 25.0 Å². The molecule has 2 N–H and O–H groups in total. The maximum Gasteiger partial charge on any atom is 0.410 e. The molecule has 3 fully saturated rings. The number of piperazine rings is 1. The summed E-state index contributed by atoms with van der Waals surface area (Å²) < 4.78 is 20.8. The van der Waals surface area contributed by atoms with Gasteiger partial charge in [0.25, 0.3) is 5.91 Å². The molecule has 2 amide bonds. The van der Waals surface area contributed by atoms with Crippen LogP contribution in [0.15, 0.2) is 24.3 Å². The second-order valence-electron chi connectivity index (χ2n) is 13.3. The highest BCUT2D eigenvalue weighted by atomic mass is 19.1. The highest BCUT2D eigenvalue weighted by Gasteiger charge is 2.34. The van der Waals surface area contributed by atoms with Gasteiger partial charge >= 0.3 is 6.09 Å². The van der Waals surface area contributed by atoms with Crippen LogP contribution in [0.3, 0.4) is 0 Å². The van der Waals surface area contributed by atoms with Crippen LogP contribution in [0.5, 0.6) is 0 Å². The third-order valence-electron chi connectivity index (χ3n) is 8.37. The number of hydrogen-bond acceptors (Lipinski definition) is 7. The largest absolute Gasteiger partial charge is 0.444 e. The van der Waals surface area contributed by atoms with Crippen molar-refractivity contribution < 1.29 is 18.7 Å². The lowest BCUT2D eigenvalue weighted by Crippen LogP contribution is -2.56. The Morgan fingerprint density at radius 2 is 1.89 bits per heavy atom. The van der Waals surface area contributed by atoms with E-state index in [0.717, 1.165) is 37.8 Å². The number of aromatic nitrogens is 4. The number of aromatic amines is 1. The van der Waals surface area contributed by atoms with Crippen molar-refractivity contribution in [2.45, 2.75) is 95.9 Å². The Balaban J connectivity index is 1.28. The van der Waals surface area contributed by atoms with E-state index in [1.54, 1.807) is 21.9 Å². The first kappa shape index (κ1) is 29.9. The first-order valence-corrected chi connectivity index (χ1v) is 15.6. The summed E-state index contributed by atoms with van der Waals surface area (Å²) in [6.45, 7) is 8.38. The summed E-state index contributed by atoms with van der Waals surface area (Å²) in [6, 6.07) is 7.15. The number of ether oxygens (including phenoxy) is 1. The zero-order valence-electron chi connectivity index (χ0n) is 25.9. The molecule has 0 bridgehead atoms. The van der Waals surface area contributed by atoms with Crippen LogP contribution in [0.25, 0.3) is 10.9 Å². The molecule has 0 radical (unpaired) electrons. The molecule has 3 aliphatic rings. The van der Waals surface area contributed by atoms with Gasteiger partial charge < -0.3 is 19.9 Å². The summed E-state index contributed by atoms with van der Waals surface area (Å²) in [6.07, 6.45) is 5.54. The average molecular weight is 602 g/mol. The molecule has 11 heteroatoms. The molecule has 232 valence electrons. The molecule has 1 aliphatic heterocycles. The van der Waals surface area contributed by atoms with Crippen LogP contribution < -0.4 is 5.32 Å². The van der Waals surface area contributed by atoms with Crippen molar-refractivity contribution in [3.63, 3.8) is 0 Å². The Morgan fingerprint density at radius 3 is 2.59 bits per heavy atom. The molecule has 0 unspecified atom stereocenters. The maximum absolute atomic E-state index is 15.2. The number of halogens is 1. The van der Waals surface area contributed by atoms with Gasteiger partial charge in [0.05, 0.1) is 5.52 Å². The second-order valence-corrected chi connectivity index (χ2v) is 13.3. The van der Waals surface area contributed by atoms with Crippen molar-refractivity contribution in [2.24, 2.45) is 0 Å². The fourth-order valence-corrected chi connectivity index (χ4v) is 5.82. The van der Waals surface area contributed by atoms with Gasteiger partial charge in [-0.25, -0.2) is 19.2 Å². The number of anilines is 2. The number of hydrogen-bond donors (Lipinski definition) is 2. The van der Waals surface area contributed by atoms with Crippen LogP contribution >= 0.6 is 0 Å². The lowest BCUT2D eigenvalue weighted by Gasteiger charge is -2.39. The molecule has 2 aromatic heterocycles. The van der Waals surface area contributed by atoms with Gasteiger partial charge in [-0.3, -0.25) is 9.89 Å². The van der Waals surface area contributed by atoms with E-state index in [2.05, 4.69) is 37.3 Å². The second kappa shape index (κ2) is 11.7. The van der Waals surface area contributed by atoms with Gasteiger partial charge in [0.1, 0.15) is 11.4 Å². The Labute approximate surface area is 257 Å². The summed E-state index contributed by atoms with van der Waals surface area (Å²) in [4.78, 5) is 39.1. The van der Waals surface area contributed by atoms with Crippen LogP contribution in [0.4, 0.5) is 20.8 Å². The Morgan fingerprint density at radius 1 is 1.11 bits per heavy atom. The molecule has 6 rings (SSSR count). The summed E-state index contributed by atoms with van der Waals surface area (Å²) in [5.41, 5.74) is 0.210. The highest BCUT2D eigenvalue weighted by molar-refractivity contribution is 5.97. The van der Waals surface area contributed by atoms with Gasteiger partial charge in [-0.1, -0.05) is 18.3 Å². The number of carbonyl (C=O) groups excluding carboxylic acids is 2. The van der Waals surface area contributed by atoms with Gasteiger partial charge in [-0.05, 0) is 84.4 Å². The minimum Gasteiger partial charge on any atom is -0.444 e. The number of nitrogens with zero attached hydrogens (tertiary/aromatic N) is 5. The number of H-pyrrole nitrogens is 1. The zero-order chi connectivity index (χ0) is 31.1. The fraction of sp³-hybridized carbons (Fsp3) is 0.545. The van der Waals surface area contributed by atoms with Crippen LogP contribution in [-0.4, -0.2) is 78.9 Å². The molecule has 1 aromatic carbocycles.